The quantitative estimate of drug-likeness (QED) is 0.876. The van der Waals surface area contributed by atoms with Crippen molar-refractivity contribution in [1.82, 2.24) is 0 Å². The zero-order valence-electron chi connectivity index (χ0n) is 11.8. The SMILES string of the molecule is COc1cccc(N)c1C(=O)N(C)c1ccccc1C#N. The monoisotopic (exact) mass is 281 g/mol. The third-order valence-electron chi connectivity index (χ3n) is 3.18. The highest BCUT2D eigenvalue weighted by atomic mass is 16.5. The molecule has 21 heavy (non-hydrogen) atoms. The van der Waals surface area contributed by atoms with Gasteiger partial charge in [-0.05, 0) is 24.3 Å². The summed E-state index contributed by atoms with van der Waals surface area (Å²) in [6.45, 7) is 0. The van der Waals surface area contributed by atoms with Crippen LogP contribution in [0.1, 0.15) is 15.9 Å². The largest absolute Gasteiger partial charge is 0.496 e. The predicted molar refractivity (Wildman–Crippen MR) is 81.3 cm³/mol. The Hall–Kier alpha value is -3.00. The molecule has 0 bridgehead atoms. The van der Waals surface area contributed by atoms with Crippen LogP contribution in [0.5, 0.6) is 5.75 Å². The van der Waals surface area contributed by atoms with Crippen LogP contribution in [-0.4, -0.2) is 20.1 Å². The van der Waals surface area contributed by atoms with Crippen LogP contribution in [0.2, 0.25) is 0 Å². The first-order valence-electron chi connectivity index (χ1n) is 6.29. The average molecular weight is 281 g/mol. The minimum atomic E-state index is -0.326. The molecule has 1 amide bonds. The first-order valence-corrected chi connectivity index (χ1v) is 6.29. The highest BCUT2D eigenvalue weighted by Crippen LogP contribution is 2.28. The number of benzene rings is 2. The molecule has 2 rings (SSSR count). The van der Waals surface area contributed by atoms with Gasteiger partial charge in [0.05, 0.1) is 18.4 Å². The summed E-state index contributed by atoms with van der Waals surface area (Å²) in [5, 5.41) is 9.14. The minimum Gasteiger partial charge on any atom is -0.496 e. The summed E-state index contributed by atoms with van der Waals surface area (Å²) in [5.41, 5.74) is 7.45. The molecular formula is C16H15N3O2. The molecule has 0 fully saturated rings. The number of methoxy groups -OCH3 is 1. The van der Waals surface area contributed by atoms with Crippen molar-refractivity contribution in [3.63, 3.8) is 0 Å². The van der Waals surface area contributed by atoms with E-state index in [0.717, 1.165) is 0 Å². The van der Waals surface area contributed by atoms with Gasteiger partial charge in [-0.2, -0.15) is 5.26 Å². The van der Waals surface area contributed by atoms with Crippen LogP contribution in [-0.2, 0) is 0 Å². The third-order valence-corrected chi connectivity index (χ3v) is 3.18. The van der Waals surface area contributed by atoms with E-state index < -0.39 is 0 Å². The molecule has 0 unspecified atom stereocenters. The van der Waals surface area contributed by atoms with Gasteiger partial charge in [-0.15, -0.1) is 0 Å². The van der Waals surface area contributed by atoms with Crippen molar-refractivity contribution in [1.29, 1.82) is 5.26 Å². The third kappa shape index (κ3) is 2.65. The van der Waals surface area contributed by atoms with E-state index in [4.69, 9.17) is 15.7 Å². The molecule has 0 aliphatic heterocycles. The van der Waals surface area contributed by atoms with Crippen molar-refractivity contribution in [2.24, 2.45) is 0 Å². The van der Waals surface area contributed by atoms with Crippen molar-refractivity contribution in [2.45, 2.75) is 0 Å². The summed E-state index contributed by atoms with van der Waals surface area (Å²) in [6.07, 6.45) is 0. The molecule has 0 spiro atoms. The van der Waals surface area contributed by atoms with Gasteiger partial charge in [0.15, 0.2) is 0 Å². The Balaban J connectivity index is 2.48. The molecule has 2 aromatic carbocycles. The van der Waals surface area contributed by atoms with E-state index in [9.17, 15) is 4.79 Å². The van der Waals surface area contributed by atoms with Gasteiger partial charge in [-0.3, -0.25) is 4.79 Å². The van der Waals surface area contributed by atoms with Gasteiger partial charge in [0.25, 0.3) is 5.91 Å². The molecule has 0 saturated heterocycles. The molecule has 0 aliphatic rings. The van der Waals surface area contributed by atoms with Crippen LogP contribution in [0.3, 0.4) is 0 Å². The van der Waals surface area contributed by atoms with Crippen molar-refractivity contribution < 1.29 is 9.53 Å². The Labute approximate surface area is 123 Å². The number of hydrogen-bond acceptors (Lipinski definition) is 4. The number of nitriles is 1. The number of carbonyl (C=O) groups excluding carboxylic acids is 1. The number of ether oxygens (including phenoxy) is 1. The van der Waals surface area contributed by atoms with Gasteiger partial charge in [0, 0.05) is 12.7 Å². The summed E-state index contributed by atoms with van der Waals surface area (Å²) in [7, 11) is 3.08. The number of nitrogens with two attached hydrogens (primary N) is 1. The molecule has 0 saturated carbocycles. The van der Waals surface area contributed by atoms with Crippen LogP contribution < -0.4 is 15.4 Å². The number of nitrogens with zero attached hydrogens (tertiary/aromatic N) is 2. The van der Waals surface area contributed by atoms with Crippen molar-refractivity contribution in [2.75, 3.05) is 24.8 Å². The number of anilines is 2. The summed E-state index contributed by atoms with van der Waals surface area (Å²) >= 11 is 0. The summed E-state index contributed by atoms with van der Waals surface area (Å²) in [5.74, 6) is 0.0777. The second-order valence-electron chi connectivity index (χ2n) is 4.42. The van der Waals surface area contributed by atoms with Crippen molar-refractivity contribution >= 4 is 17.3 Å². The molecule has 0 atom stereocenters. The van der Waals surface area contributed by atoms with E-state index in [2.05, 4.69) is 6.07 Å². The summed E-state index contributed by atoms with van der Waals surface area (Å²) < 4.78 is 5.20. The van der Waals surface area contributed by atoms with Gasteiger partial charge in [-0.25, -0.2) is 0 Å². The minimum absolute atomic E-state index is 0.287. The summed E-state index contributed by atoms with van der Waals surface area (Å²) in [6, 6.07) is 14.0. The lowest BCUT2D eigenvalue weighted by Gasteiger charge is -2.20. The number of nitrogen functional groups attached to an aromatic ring is 1. The zero-order chi connectivity index (χ0) is 15.4. The highest BCUT2D eigenvalue weighted by molar-refractivity contribution is 6.11. The Morgan fingerprint density at radius 1 is 1.24 bits per heavy atom. The molecule has 5 nitrogen and oxygen atoms in total. The van der Waals surface area contributed by atoms with Gasteiger partial charge in [0.1, 0.15) is 17.4 Å². The normalized spacial score (nSPS) is 9.76. The number of hydrogen-bond donors (Lipinski definition) is 1. The molecule has 0 aliphatic carbocycles. The Bertz CT molecular complexity index is 720. The lowest BCUT2D eigenvalue weighted by molar-refractivity contribution is 0.0991. The van der Waals surface area contributed by atoms with E-state index in [-0.39, 0.29) is 11.5 Å². The number of para-hydroxylation sites is 1. The number of rotatable bonds is 3. The fourth-order valence-electron chi connectivity index (χ4n) is 2.08. The van der Waals surface area contributed by atoms with E-state index in [0.29, 0.717) is 22.7 Å². The Kier molecular flexibility index (Phi) is 4.10. The fraction of sp³-hybridized carbons (Fsp3) is 0.125. The van der Waals surface area contributed by atoms with E-state index in [1.165, 1.54) is 12.0 Å². The van der Waals surface area contributed by atoms with E-state index >= 15 is 0 Å². The first-order chi connectivity index (χ1) is 10.1. The van der Waals surface area contributed by atoms with Crippen LogP contribution in [0.25, 0.3) is 0 Å². The lowest BCUT2D eigenvalue weighted by Crippen LogP contribution is -2.28. The second kappa shape index (κ2) is 5.97. The summed E-state index contributed by atoms with van der Waals surface area (Å²) in [4.78, 5) is 14.1. The molecular weight excluding hydrogens is 266 g/mol. The fourth-order valence-corrected chi connectivity index (χ4v) is 2.08. The standard InChI is InChI=1S/C16H15N3O2/c1-19(13-8-4-3-6-11(13)10-17)16(20)15-12(18)7-5-9-14(15)21-2/h3-9H,18H2,1-2H3. The van der Waals surface area contributed by atoms with Crippen LogP contribution in [0.4, 0.5) is 11.4 Å². The van der Waals surface area contributed by atoms with Gasteiger partial charge in [-0.1, -0.05) is 18.2 Å². The van der Waals surface area contributed by atoms with Crippen LogP contribution in [0.15, 0.2) is 42.5 Å². The molecule has 0 heterocycles. The maximum atomic E-state index is 12.7. The van der Waals surface area contributed by atoms with Gasteiger partial charge < -0.3 is 15.4 Å². The number of carbonyl (C=O) groups is 1. The smallest absolute Gasteiger partial charge is 0.263 e. The molecule has 106 valence electrons. The van der Waals surface area contributed by atoms with Crippen LogP contribution >= 0.6 is 0 Å². The van der Waals surface area contributed by atoms with Crippen molar-refractivity contribution in [3.05, 3.63) is 53.6 Å². The molecule has 0 radical (unpaired) electrons. The second-order valence-corrected chi connectivity index (χ2v) is 4.42. The first kappa shape index (κ1) is 14.4. The van der Waals surface area contributed by atoms with Crippen LogP contribution in [0, 0.1) is 11.3 Å². The Morgan fingerprint density at radius 3 is 2.62 bits per heavy atom. The maximum absolute atomic E-state index is 12.7. The molecule has 2 aromatic rings. The Morgan fingerprint density at radius 2 is 1.95 bits per heavy atom. The maximum Gasteiger partial charge on any atom is 0.263 e. The predicted octanol–water partition coefficient (Wildman–Crippen LogP) is 2.43. The van der Waals surface area contributed by atoms with Gasteiger partial charge in [0.2, 0.25) is 0 Å². The number of amides is 1. The van der Waals surface area contributed by atoms with E-state index in [1.807, 2.05) is 0 Å². The lowest BCUT2D eigenvalue weighted by atomic mass is 10.1. The topological polar surface area (TPSA) is 79.3 Å². The zero-order valence-corrected chi connectivity index (χ0v) is 11.8. The van der Waals surface area contributed by atoms with Crippen molar-refractivity contribution in [3.8, 4) is 11.8 Å². The van der Waals surface area contributed by atoms with E-state index in [1.54, 1.807) is 49.5 Å². The molecule has 0 aromatic heterocycles. The highest BCUT2D eigenvalue weighted by Gasteiger charge is 2.22. The average Bonchev–Trinajstić information content (AvgIpc) is 2.53. The molecule has 5 heteroatoms. The van der Waals surface area contributed by atoms with Gasteiger partial charge >= 0.3 is 0 Å². The molecule has 2 N–H and O–H groups in total.